The monoisotopic (exact) mass is 477 g/mol. The second kappa shape index (κ2) is 10.4. The molecule has 0 bridgehead atoms. The van der Waals surface area contributed by atoms with E-state index in [0.29, 0.717) is 19.0 Å². The third kappa shape index (κ3) is 5.05. The average molecular weight is 478 g/mol. The zero-order chi connectivity index (χ0) is 23.6. The van der Waals surface area contributed by atoms with Gasteiger partial charge in [0.05, 0.1) is 24.8 Å². The Balaban J connectivity index is 1.36. The fourth-order valence-corrected chi connectivity index (χ4v) is 6.53. The summed E-state index contributed by atoms with van der Waals surface area (Å²) in [7, 11) is 0. The van der Waals surface area contributed by atoms with Gasteiger partial charge in [0, 0.05) is 49.7 Å². The van der Waals surface area contributed by atoms with Gasteiger partial charge in [-0.1, -0.05) is 19.3 Å². The number of carbonyl (C=O) groups excluding carboxylic acids is 1. The van der Waals surface area contributed by atoms with Gasteiger partial charge in [-0.3, -0.25) is 4.79 Å². The van der Waals surface area contributed by atoms with Crippen LogP contribution in [-0.2, 0) is 33.7 Å². The summed E-state index contributed by atoms with van der Waals surface area (Å²) in [5.41, 5.74) is 5.18. The van der Waals surface area contributed by atoms with Crippen LogP contribution in [0.1, 0.15) is 68.1 Å². The molecular weight excluding hydrogens is 438 g/mol. The lowest BCUT2D eigenvalue weighted by atomic mass is 9.88. The Hall–Kier alpha value is -2.18. The van der Waals surface area contributed by atoms with Gasteiger partial charge in [-0.15, -0.1) is 0 Å². The lowest BCUT2D eigenvalue weighted by molar-refractivity contribution is -0.138. The number of fused-ring (bicyclic) bond motifs is 2. The number of morpholine rings is 1. The van der Waals surface area contributed by atoms with Crippen LogP contribution in [0, 0.1) is 5.92 Å². The van der Waals surface area contributed by atoms with Crippen LogP contribution >= 0.6 is 0 Å². The van der Waals surface area contributed by atoms with Crippen LogP contribution in [0.15, 0.2) is 18.2 Å². The van der Waals surface area contributed by atoms with Gasteiger partial charge >= 0.3 is 0 Å². The SMILES string of the molecule is O=C(C1CCCCC1)N(Cc1cc2cc3c(cc2nc1N1CCOCC1)CCC3)CC1CCCO1. The number of anilines is 1. The lowest BCUT2D eigenvalue weighted by Crippen LogP contribution is -2.42. The standard InChI is InChI=1S/C29H39N3O3/c33-29(21-6-2-1-3-7-21)32(20-26-10-5-13-35-26)19-25-17-24-16-22-8-4-9-23(22)18-27(24)30-28(25)31-11-14-34-15-12-31/h16-18,21,26H,1-15,19-20H2. The summed E-state index contributed by atoms with van der Waals surface area (Å²) in [6.45, 7) is 5.27. The van der Waals surface area contributed by atoms with Gasteiger partial charge in [0.1, 0.15) is 5.82 Å². The van der Waals surface area contributed by atoms with E-state index in [4.69, 9.17) is 14.5 Å². The number of ether oxygens (including phenoxy) is 2. The topological polar surface area (TPSA) is 54.9 Å². The molecule has 188 valence electrons. The van der Waals surface area contributed by atoms with Crippen molar-refractivity contribution in [3.63, 3.8) is 0 Å². The molecule has 1 aromatic heterocycles. The average Bonchev–Trinajstić information content (AvgIpc) is 3.59. The summed E-state index contributed by atoms with van der Waals surface area (Å²) >= 11 is 0. The second-order valence-corrected chi connectivity index (χ2v) is 10.9. The van der Waals surface area contributed by atoms with E-state index in [1.54, 1.807) is 0 Å². The van der Waals surface area contributed by atoms with Crippen molar-refractivity contribution in [1.29, 1.82) is 0 Å². The van der Waals surface area contributed by atoms with E-state index in [2.05, 4.69) is 28.0 Å². The van der Waals surface area contributed by atoms with Gasteiger partial charge in [0.15, 0.2) is 0 Å². The molecule has 2 saturated heterocycles. The molecule has 1 atom stereocenters. The molecule has 3 fully saturated rings. The van der Waals surface area contributed by atoms with E-state index in [9.17, 15) is 4.79 Å². The maximum absolute atomic E-state index is 13.8. The highest BCUT2D eigenvalue weighted by atomic mass is 16.5. The number of benzene rings is 1. The Labute approximate surface area is 209 Å². The Morgan fingerprint density at radius 1 is 0.943 bits per heavy atom. The first kappa shape index (κ1) is 23.2. The molecule has 2 aliphatic heterocycles. The Morgan fingerprint density at radius 2 is 1.74 bits per heavy atom. The van der Waals surface area contributed by atoms with Crippen LogP contribution in [0.5, 0.6) is 0 Å². The third-order valence-electron chi connectivity index (χ3n) is 8.47. The summed E-state index contributed by atoms with van der Waals surface area (Å²) in [4.78, 5) is 23.5. The summed E-state index contributed by atoms with van der Waals surface area (Å²) in [6, 6.07) is 6.98. The minimum absolute atomic E-state index is 0.158. The van der Waals surface area contributed by atoms with Gasteiger partial charge in [-0.25, -0.2) is 4.98 Å². The largest absolute Gasteiger partial charge is 0.378 e. The molecule has 3 heterocycles. The fraction of sp³-hybridized carbons (Fsp3) is 0.655. The van der Waals surface area contributed by atoms with Crippen LogP contribution in [0.3, 0.4) is 0 Å². The predicted octanol–water partition coefficient (Wildman–Crippen LogP) is 4.65. The minimum Gasteiger partial charge on any atom is -0.378 e. The first-order chi connectivity index (χ1) is 17.2. The summed E-state index contributed by atoms with van der Waals surface area (Å²) in [6.07, 6.45) is 11.5. The Bertz CT molecular complexity index is 1050. The lowest BCUT2D eigenvalue weighted by Gasteiger charge is -2.34. The van der Waals surface area contributed by atoms with Crippen LogP contribution < -0.4 is 4.90 Å². The molecule has 1 aromatic carbocycles. The van der Waals surface area contributed by atoms with Crippen molar-refractivity contribution in [2.75, 3.05) is 44.4 Å². The van der Waals surface area contributed by atoms with Crippen molar-refractivity contribution >= 4 is 22.6 Å². The Morgan fingerprint density at radius 3 is 2.51 bits per heavy atom. The van der Waals surface area contributed by atoms with Crippen molar-refractivity contribution in [2.24, 2.45) is 5.92 Å². The summed E-state index contributed by atoms with van der Waals surface area (Å²) in [5, 5.41) is 1.21. The zero-order valence-electron chi connectivity index (χ0n) is 21.0. The van der Waals surface area contributed by atoms with Crippen LogP contribution in [0.2, 0.25) is 0 Å². The van der Waals surface area contributed by atoms with Crippen molar-refractivity contribution in [3.05, 3.63) is 34.9 Å². The molecule has 6 heteroatoms. The highest BCUT2D eigenvalue weighted by Crippen LogP contribution is 2.33. The molecule has 0 radical (unpaired) electrons. The van der Waals surface area contributed by atoms with Crippen molar-refractivity contribution in [3.8, 4) is 0 Å². The number of aromatic nitrogens is 1. The molecule has 6 rings (SSSR count). The zero-order valence-corrected chi connectivity index (χ0v) is 21.0. The predicted molar refractivity (Wildman–Crippen MR) is 138 cm³/mol. The number of rotatable bonds is 6. The summed E-state index contributed by atoms with van der Waals surface area (Å²) < 4.78 is 11.6. The first-order valence-corrected chi connectivity index (χ1v) is 13.9. The number of hydrogen-bond donors (Lipinski definition) is 0. The fourth-order valence-electron chi connectivity index (χ4n) is 6.53. The highest BCUT2D eigenvalue weighted by molar-refractivity contribution is 5.84. The van der Waals surface area contributed by atoms with Crippen LogP contribution in [0.4, 0.5) is 5.82 Å². The molecule has 0 spiro atoms. The molecule has 2 aliphatic carbocycles. The van der Waals surface area contributed by atoms with Gasteiger partial charge in [-0.2, -0.15) is 0 Å². The maximum atomic E-state index is 13.8. The second-order valence-electron chi connectivity index (χ2n) is 10.9. The number of aryl methyl sites for hydroxylation is 2. The number of carbonyl (C=O) groups is 1. The van der Waals surface area contributed by atoms with Gasteiger partial charge in [0.2, 0.25) is 5.91 Å². The van der Waals surface area contributed by atoms with Crippen molar-refractivity contribution in [1.82, 2.24) is 9.88 Å². The van der Waals surface area contributed by atoms with Gasteiger partial charge in [0.25, 0.3) is 0 Å². The Kier molecular flexibility index (Phi) is 6.93. The van der Waals surface area contributed by atoms with E-state index >= 15 is 0 Å². The smallest absolute Gasteiger partial charge is 0.226 e. The molecule has 6 nitrogen and oxygen atoms in total. The van der Waals surface area contributed by atoms with E-state index < -0.39 is 0 Å². The van der Waals surface area contributed by atoms with Gasteiger partial charge < -0.3 is 19.3 Å². The maximum Gasteiger partial charge on any atom is 0.226 e. The molecule has 2 aromatic rings. The first-order valence-electron chi connectivity index (χ1n) is 13.9. The van der Waals surface area contributed by atoms with E-state index in [0.717, 1.165) is 82.8 Å². The molecule has 1 amide bonds. The van der Waals surface area contributed by atoms with E-state index in [1.165, 1.54) is 47.8 Å². The molecule has 1 unspecified atom stereocenters. The molecule has 4 aliphatic rings. The van der Waals surface area contributed by atoms with E-state index in [1.807, 2.05) is 0 Å². The van der Waals surface area contributed by atoms with Crippen molar-refractivity contribution < 1.29 is 14.3 Å². The third-order valence-corrected chi connectivity index (χ3v) is 8.47. The molecule has 1 saturated carbocycles. The molecule has 35 heavy (non-hydrogen) atoms. The molecule has 0 N–H and O–H groups in total. The van der Waals surface area contributed by atoms with Crippen LogP contribution in [-0.4, -0.2) is 61.3 Å². The summed E-state index contributed by atoms with van der Waals surface area (Å²) in [5.74, 6) is 1.52. The minimum atomic E-state index is 0.158. The molecular formula is C29H39N3O3. The van der Waals surface area contributed by atoms with Gasteiger partial charge in [-0.05, 0) is 74.3 Å². The highest BCUT2D eigenvalue weighted by Gasteiger charge is 2.30. The van der Waals surface area contributed by atoms with E-state index in [-0.39, 0.29) is 12.0 Å². The number of pyridine rings is 1. The quantitative estimate of drug-likeness (QED) is 0.606. The number of hydrogen-bond acceptors (Lipinski definition) is 5. The number of amides is 1. The van der Waals surface area contributed by atoms with Crippen LogP contribution in [0.25, 0.3) is 10.9 Å². The number of nitrogens with zero attached hydrogens (tertiary/aromatic N) is 3. The van der Waals surface area contributed by atoms with Crippen molar-refractivity contribution in [2.45, 2.75) is 76.9 Å². The normalized spacial score (nSPS) is 23.1.